The molecule has 3 N–H and O–H groups in total. The Bertz CT molecular complexity index is 303. The van der Waals surface area contributed by atoms with Gasteiger partial charge >= 0.3 is 0 Å². The maximum atomic E-state index is 11.8. The van der Waals surface area contributed by atoms with Crippen LogP contribution in [-0.2, 0) is 9.59 Å². The van der Waals surface area contributed by atoms with Crippen molar-refractivity contribution in [2.24, 2.45) is 11.7 Å². The summed E-state index contributed by atoms with van der Waals surface area (Å²) in [6, 6.07) is 0.209. The van der Waals surface area contributed by atoms with Gasteiger partial charge in [-0.15, -0.1) is 0 Å². The second kappa shape index (κ2) is 8.15. The fraction of sp³-hybridized carbons (Fsp3) is 0.857. The number of rotatable bonds is 7. The summed E-state index contributed by atoms with van der Waals surface area (Å²) in [5.41, 5.74) is 5.69. The molecular weight excluding hydrogens is 242 g/mol. The molecule has 2 unspecified atom stereocenters. The van der Waals surface area contributed by atoms with Crippen molar-refractivity contribution in [3.63, 3.8) is 0 Å². The van der Waals surface area contributed by atoms with Crippen molar-refractivity contribution in [2.45, 2.75) is 52.0 Å². The first-order chi connectivity index (χ1) is 9.12. The third kappa shape index (κ3) is 4.82. The van der Waals surface area contributed by atoms with E-state index in [0.717, 1.165) is 19.3 Å². The van der Waals surface area contributed by atoms with E-state index in [1.807, 2.05) is 13.8 Å². The molecule has 0 aliphatic heterocycles. The lowest BCUT2D eigenvalue weighted by Gasteiger charge is -2.21. The minimum atomic E-state index is -0.0224. The number of carbonyl (C=O) groups excluding carboxylic acids is 2. The van der Waals surface area contributed by atoms with Crippen LogP contribution in [0.3, 0.4) is 0 Å². The van der Waals surface area contributed by atoms with Gasteiger partial charge in [0.25, 0.3) is 0 Å². The number of amides is 2. The minimum Gasteiger partial charge on any atom is -0.353 e. The molecule has 0 aromatic heterocycles. The van der Waals surface area contributed by atoms with E-state index in [9.17, 15) is 9.59 Å². The van der Waals surface area contributed by atoms with Crippen molar-refractivity contribution in [3.8, 4) is 0 Å². The summed E-state index contributed by atoms with van der Waals surface area (Å²) < 4.78 is 0. The summed E-state index contributed by atoms with van der Waals surface area (Å²) in [4.78, 5) is 25.4. The van der Waals surface area contributed by atoms with Crippen LogP contribution in [0.25, 0.3) is 0 Å². The van der Waals surface area contributed by atoms with Crippen molar-refractivity contribution >= 4 is 11.8 Å². The average molecular weight is 269 g/mol. The van der Waals surface area contributed by atoms with Gasteiger partial charge in [0.1, 0.15) is 0 Å². The molecule has 0 aromatic carbocycles. The highest BCUT2D eigenvalue weighted by Gasteiger charge is 2.27. The van der Waals surface area contributed by atoms with Crippen molar-refractivity contribution in [1.29, 1.82) is 0 Å². The van der Waals surface area contributed by atoms with Crippen molar-refractivity contribution in [1.82, 2.24) is 10.2 Å². The largest absolute Gasteiger partial charge is 0.353 e. The molecule has 5 nitrogen and oxygen atoms in total. The SMILES string of the molecule is CCN(CC)C(=O)CCC(=O)NC1CCCC1CN. The molecule has 1 aliphatic carbocycles. The molecule has 0 aromatic rings. The van der Waals surface area contributed by atoms with Crippen molar-refractivity contribution in [2.75, 3.05) is 19.6 Å². The van der Waals surface area contributed by atoms with E-state index in [0.29, 0.717) is 32.0 Å². The third-order valence-electron chi connectivity index (χ3n) is 3.99. The zero-order valence-electron chi connectivity index (χ0n) is 12.2. The van der Waals surface area contributed by atoms with Crippen LogP contribution >= 0.6 is 0 Å². The molecule has 0 bridgehead atoms. The van der Waals surface area contributed by atoms with E-state index in [1.54, 1.807) is 4.90 Å². The molecular formula is C14H27N3O2. The molecule has 1 saturated carbocycles. The Morgan fingerprint density at radius 2 is 1.89 bits per heavy atom. The molecule has 0 heterocycles. The molecule has 1 fully saturated rings. The highest BCUT2D eigenvalue weighted by molar-refractivity contribution is 5.83. The Balaban J connectivity index is 2.29. The quantitative estimate of drug-likeness (QED) is 0.720. The van der Waals surface area contributed by atoms with Crippen LogP contribution in [0, 0.1) is 5.92 Å². The Morgan fingerprint density at radius 1 is 1.21 bits per heavy atom. The van der Waals surface area contributed by atoms with Gasteiger partial charge in [-0.2, -0.15) is 0 Å². The number of hydrogen-bond donors (Lipinski definition) is 2. The molecule has 2 amide bonds. The van der Waals surface area contributed by atoms with Gasteiger partial charge in [-0.3, -0.25) is 9.59 Å². The summed E-state index contributed by atoms with van der Waals surface area (Å²) in [5.74, 6) is 0.440. The second-order valence-corrected chi connectivity index (χ2v) is 5.17. The molecule has 0 radical (unpaired) electrons. The maximum absolute atomic E-state index is 11.8. The average Bonchev–Trinajstić information content (AvgIpc) is 2.85. The first kappa shape index (κ1) is 16.0. The van der Waals surface area contributed by atoms with Crippen LogP contribution in [0.1, 0.15) is 46.0 Å². The van der Waals surface area contributed by atoms with Crippen LogP contribution in [0.15, 0.2) is 0 Å². The summed E-state index contributed by atoms with van der Waals surface area (Å²) in [7, 11) is 0. The summed E-state index contributed by atoms with van der Waals surface area (Å²) in [6.45, 7) is 5.94. The maximum Gasteiger partial charge on any atom is 0.223 e. The first-order valence-corrected chi connectivity index (χ1v) is 7.39. The lowest BCUT2D eigenvalue weighted by atomic mass is 10.0. The topological polar surface area (TPSA) is 75.4 Å². The molecule has 19 heavy (non-hydrogen) atoms. The van der Waals surface area contributed by atoms with Crippen LogP contribution < -0.4 is 11.1 Å². The Morgan fingerprint density at radius 3 is 2.47 bits per heavy atom. The van der Waals surface area contributed by atoms with E-state index in [-0.39, 0.29) is 24.3 Å². The minimum absolute atomic E-state index is 0.0224. The van der Waals surface area contributed by atoms with Gasteiger partial charge in [0, 0.05) is 32.0 Å². The van der Waals surface area contributed by atoms with E-state index < -0.39 is 0 Å². The number of carbonyl (C=O) groups is 2. The van der Waals surface area contributed by atoms with Gasteiger partial charge in [0.05, 0.1) is 0 Å². The zero-order valence-corrected chi connectivity index (χ0v) is 12.2. The highest BCUT2D eigenvalue weighted by Crippen LogP contribution is 2.24. The van der Waals surface area contributed by atoms with Crippen LogP contribution in [0.2, 0.25) is 0 Å². The molecule has 110 valence electrons. The van der Waals surface area contributed by atoms with Crippen LogP contribution in [0.4, 0.5) is 0 Å². The third-order valence-corrected chi connectivity index (χ3v) is 3.99. The summed E-state index contributed by atoms with van der Waals surface area (Å²) in [6.07, 6.45) is 3.82. The van der Waals surface area contributed by atoms with Gasteiger partial charge < -0.3 is 16.0 Å². The predicted molar refractivity (Wildman–Crippen MR) is 75.5 cm³/mol. The smallest absolute Gasteiger partial charge is 0.223 e. The lowest BCUT2D eigenvalue weighted by Crippen LogP contribution is -2.40. The number of nitrogens with two attached hydrogens (primary N) is 1. The number of nitrogens with one attached hydrogen (secondary N) is 1. The summed E-state index contributed by atoms with van der Waals surface area (Å²) in [5, 5.41) is 3.02. The van der Waals surface area contributed by atoms with E-state index in [1.165, 1.54) is 0 Å². The Labute approximate surface area is 115 Å². The van der Waals surface area contributed by atoms with E-state index in [4.69, 9.17) is 5.73 Å². The van der Waals surface area contributed by atoms with Gasteiger partial charge in [0.2, 0.25) is 11.8 Å². The first-order valence-electron chi connectivity index (χ1n) is 7.39. The van der Waals surface area contributed by atoms with Gasteiger partial charge in [-0.1, -0.05) is 6.42 Å². The number of nitrogens with zero attached hydrogens (tertiary/aromatic N) is 1. The van der Waals surface area contributed by atoms with E-state index in [2.05, 4.69) is 5.32 Å². The lowest BCUT2D eigenvalue weighted by molar-refractivity contribution is -0.133. The van der Waals surface area contributed by atoms with Gasteiger partial charge in [-0.05, 0) is 39.2 Å². The highest BCUT2D eigenvalue weighted by atomic mass is 16.2. The normalized spacial score (nSPS) is 22.3. The van der Waals surface area contributed by atoms with Crippen molar-refractivity contribution in [3.05, 3.63) is 0 Å². The molecule has 0 saturated heterocycles. The van der Waals surface area contributed by atoms with Crippen molar-refractivity contribution < 1.29 is 9.59 Å². The predicted octanol–water partition coefficient (Wildman–Crippen LogP) is 0.879. The van der Waals surface area contributed by atoms with E-state index >= 15 is 0 Å². The van der Waals surface area contributed by atoms with Crippen LogP contribution in [0.5, 0.6) is 0 Å². The molecule has 1 rings (SSSR count). The Hall–Kier alpha value is -1.10. The standard InChI is InChI=1S/C14H27N3O2/c1-3-17(4-2)14(19)9-8-13(18)16-12-7-5-6-11(12)10-15/h11-12H,3-10,15H2,1-2H3,(H,16,18). The monoisotopic (exact) mass is 269 g/mol. The molecule has 0 spiro atoms. The van der Waals surface area contributed by atoms with Crippen LogP contribution in [-0.4, -0.2) is 42.4 Å². The van der Waals surface area contributed by atoms with Gasteiger partial charge in [0.15, 0.2) is 0 Å². The molecule has 1 aliphatic rings. The van der Waals surface area contributed by atoms with Gasteiger partial charge in [-0.25, -0.2) is 0 Å². The fourth-order valence-corrected chi connectivity index (χ4v) is 2.74. The number of hydrogen-bond acceptors (Lipinski definition) is 3. The zero-order chi connectivity index (χ0) is 14.3. The Kier molecular flexibility index (Phi) is 6.84. The molecule has 2 atom stereocenters. The second-order valence-electron chi connectivity index (χ2n) is 5.17. The molecule has 5 heteroatoms. The summed E-state index contributed by atoms with van der Waals surface area (Å²) >= 11 is 0. The fourth-order valence-electron chi connectivity index (χ4n) is 2.74.